The fourth-order valence-corrected chi connectivity index (χ4v) is 4.00. The van der Waals surface area contributed by atoms with Crippen molar-refractivity contribution in [2.75, 3.05) is 0 Å². The first kappa shape index (κ1) is 15.2. The molecule has 0 saturated heterocycles. The number of hydrogen-bond donors (Lipinski definition) is 0. The molecule has 26 heavy (non-hydrogen) atoms. The zero-order chi connectivity index (χ0) is 17.7. The molecule has 1 aliphatic rings. The molecule has 126 valence electrons. The second kappa shape index (κ2) is 5.70. The second-order valence-corrected chi connectivity index (χ2v) is 7.00. The van der Waals surface area contributed by atoms with Crippen molar-refractivity contribution in [3.8, 4) is 0 Å². The van der Waals surface area contributed by atoms with Crippen LogP contribution in [-0.4, -0.2) is 9.55 Å². The first-order valence-corrected chi connectivity index (χ1v) is 9.04. The molecule has 3 heterocycles. The van der Waals surface area contributed by atoms with Crippen LogP contribution in [-0.2, 0) is 13.0 Å². The Morgan fingerprint density at radius 2 is 1.92 bits per heavy atom. The second-order valence-electron chi connectivity index (χ2n) is 7.00. The fourth-order valence-electron chi connectivity index (χ4n) is 4.00. The molecule has 0 aliphatic carbocycles. The molecule has 0 amide bonds. The molecule has 2 aromatic carbocycles. The van der Waals surface area contributed by atoms with Gasteiger partial charge in [0.05, 0.1) is 5.52 Å². The summed E-state index contributed by atoms with van der Waals surface area (Å²) in [5, 5.41) is 2.45. The molecule has 0 spiro atoms. The van der Waals surface area contributed by atoms with E-state index in [1.165, 1.54) is 22.2 Å². The average molecular weight is 336 g/mol. The summed E-state index contributed by atoms with van der Waals surface area (Å²) in [5.41, 5.74) is 8.12. The third-order valence-corrected chi connectivity index (χ3v) is 5.29. The lowest BCUT2D eigenvalue weighted by Crippen LogP contribution is -2.04. The molecule has 0 saturated carbocycles. The number of rotatable bonds is 2. The van der Waals surface area contributed by atoms with Crippen molar-refractivity contribution < 1.29 is 0 Å². The molecule has 4 aromatic rings. The maximum absolute atomic E-state index is 4.65. The van der Waals surface area contributed by atoms with Gasteiger partial charge in [0.15, 0.2) is 0 Å². The van der Waals surface area contributed by atoms with Crippen molar-refractivity contribution in [3.63, 3.8) is 0 Å². The quantitative estimate of drug-likeness (QED) is 0.431. The smallest absolute Gasteiger partial charge is 0.0711 e. The molecule has 0 N–H and O–H groups in total. The third kappa shape index (κ3) is 2.30. The highest BCUT2D eigenvalue weighted by atomic mass is 15.0. The first-order valence-electron chi connectivity index (χ1n) is 9.04. The highest BCUT2D eigenvalue weighted by molar-refractivity contribution is 5.97. The van der Waals surface area contributed by atoms with Gasteiger partial charge in [0.2, 0.25) is 0 Å². The van der Waals surface area contributed by atoms with E-state index in [9.17, 15) is 0 Å². The Hall–Kier alpha value is -3.13. The lowest BCUT2D eigenvalue weighted by Gasteiger charge is -2.13. The molecule has 0 fully saturated rings. The highest BCUT2D eigenvalue weighted by Gasteiger charge is 2.13. The van der Waals surface area contributed by atoms with Gasteiger partial charge in [-0.1, -0.05) is 43.0 Å². The van der Waals surface area contributed by atoms with Crippen LogP contribution in [0, 0.1) is 6.92 Å². The normalized spacial score (nSPS) is 13.3. The summed E-state index contributed by atoms with van der Waals surface area (Å²) in [6.45, 7) is 7.44. The molecule has 5 rings (SSSR count). The van der Waals surface area contributed by atoms with Crippen LogP contribution in [0.15, 0.2) is 73.3 Å². The van der Waals surface area contributed by atoms with Gasteiger partial charge in [-0.25, -0.2) is 0 Å². The van der Waals surface area contributed by atoms with Crippen LogP contribution in [0.3, 0.4) is 0 Å². The summed E-state index contributed by atoms with van der Waals surface area (Å²) in [6.07, 6.45) is 5.50. The van der Waals surface area contributed by atoms with Crippen molar-refractivity contribution in [2.45, 2.75) is 19.9 Å². The molecule has 2 aromatic heterocycles. The van der Waals surface area contributed by atoms with Crippen LogP contribution in [0.4, 0.5) is 0 Å². The van der Waals surface area contributed by atoms with Gasteiger partial charge in [0.25, 0.3) is 0 Å². The zero-order valence-electron chi connectivity index (χ0n) is 14.9. The largest absolute Gasteiger partial charge is 0.340 e. The standard InChI is InChI=1S/C24H20N2/c1-16-13-22(21-8-3-4-9-23(21)25-16)17(2)18-10-11-24-19(14-18)15-20-7-5-6-12-26(20)24/h3-6,8-11,13-15H,2,7,12H2,1H3. The Kier molecular flexibility index (Phi) is 3.32. The Morgan fingerprint density at radius 1 is 1.04 bits per heavy atom. The summed E-state index contributed by atoms with van der Waals surface area (Å²) in [4.78, 5) is 4.65. The summed E-state index contributed by atoms with van der Waals surface area (Å²) in [7, 11) is 0. The van der Waals surface area contributed by atoms with Gasteiger partial charge in [0, 0.05) is 40.6 Å². The van der Waals surface area contributed by atoms with Gasteiger partial charge in [-0.2, -0.15) is 0 Å². The van der Waals surface area contributed by atoms with Gasteiger partial charge in [-0.3, -0.25) is 4.98 Å². The van der Waals surface area contributed by atoms with Gasteiger partial charge >= 0.3 is 0 Å². The van der Waals surface area contributed by atoms with Crippen molar-refractivity contribution in [2.24, 2.45) is 0 Å². The highest BCUT2D eigenvalue weighted by Crippen LogP contribution is 2.32. The first-order chi connectivity index (χ1) is 12.7. The van der Waals surface area contributed by atoms with E-state index in [1.807, 2.05) is 13.0 Å². The average Bonchev–Trinajstić information content (AvgIpc) is 3.04. The number of benzene rings is 2. The SMILES string of the molecule is C=C(c1ccc2c(c1)cc1n2CC=CC1)c1cc(C)nc2ccccc12. The number of para-hydroxylation sites is 1. The summed E-state index contributed by atoms with van der Waals surface area (Å²) < 4.78 is 2.40. The van der Waals surface area contributed by atoms with Crippen molar-refractivity contribution in [1.29, 1.82) is 0 Å². The molecule has 0 unspecified atom stereocenters. The van der Waals surface area contributed by atoms with E-state index in [4.69, 9.17) is 0 Å². The zero-order valence-corrected chi connectivity index (χ0v) is 14.9. The topological polar surface area (TPSA) is 17.8 Å². The Balaban J connectivity index is 1.65. The van der Waals surface area contributed by atoms with Gasteiger partial charge < -0.3 is 4.57 Å². The summed E-state index contributed by atoms with van der Waals surface area (Å²) >= 11 is 0. The van der Waals surface area contributed by atoms with Crippen LogP contribution >= 0.6 is 0 Å². The van der Waals surface area contributed by atoms with E-state index in [2.05, 4.69) is 76.8 Å². The van der Waals surface area contributed by atoms with Crippen LogP contribution < -0.4 is 0 Å². The third-order valence-electron chi connectivity index (χ3n) is 5.29. The van der Waals surface area contributed by atoms with E-state index in [-0.39, 0.29) is 0 Å². The minimum absolute atomic E-state index is 0.966. The van der Waals surface area contributed by atoms with E-state index in [0.717, 1.165) is 40.7 Å². The molecular weight excluding hydrogens is 316 g/mol. The number of fused-ring (bicyclic) bond motifs is 4. The van der Waals surface area contributed by atoms with Crippen LogP contribution in [0.5, 0.6) is 0 Å². The van der Waals surface area contributed by atoms with Gasteiger partial charge in [-0.15, -0.1) is 0 Å². The number of allylic oxidation sites excluding steroid dienone is 2. The summed E-state index contributed by atoms with van der Waals surface area (Å²) in [5.74, 6) is 0. The van der Waals surface area contributed by atoms with E-state index < -0.39 is 0 Å². The van der Waals surface area contributed by atoms with Gasteiger partial charge in [0.1, 0.15) is 0 Å². The van der Waals surface area contributed by atoms with Crippen LogP contribution in [0.1, 0.15) is 22.5 Å². The molecular formula is C24H20N2. The predicted molar refractivity (Wildman–Crippen MR) is 109 cm³/mol. The number of pyridine rings is 1. The number of aromatic nitrogens is 2. The Bertz CT molecular complexity index is 1210. The van der Waals surface area contributed by atoms with E-state index in [0.29, 0.717) is 0 Å². The minimum atomic E-state index is 0.966. The Morgan fingerprint density at radius 3 is 2.85 bits per heavy atom. The molecule has 0 atom stereocenters. The fraction of sp³-hybridized carbons (Fsp3) is 0.125. The van der Waals surface area contributed by atoms with Crippen molar-refractivity contribution >= 4 is 27.4 Å². The van der Waals surface area contributed by atoms with Crippen molar-refractivity contribution in [3.05, 3.63) is 95.8 Å². The monoisotopic (exact) mass is 336 g/mol. The number of aryl methyl sites for hydroxylation is 1. The number of hydrogen-bond acceptors (Lipinski definition) is 1. The van der Waals surface area contributed by atoms with Crippen LogP contribution in [0.2, 0.25) is 0 Å². The van der Waals surface area contributed by atoms with E-state index >= 15 is 0 Å². The molecule has 0 radical (unpaired) electrons. The molecule has 0 bridgehead atoms. The molecule has 2 heteroatoms. The lowest BCUT2D eigenvalue weighted by molar-refractivity contribution is 0.782. The number of nitrogens with zero attached hydrogens (tertiary/aromatic N) is 2. The molecule has 2 nitrogen and oxygen atoms in total. The molecule has 1 aliphatic heterocycles. The Labute approximate surface area is 153 Å². The maximum Gasteiger partial charge on any atom is 0.0711 e. The maximum atomic E-state index is 4.65. The minimum Gasteiger partial charge on any atom is -0.340 e. The van der Waals surface area contributed by atoms with Crippen molar-refractivity contribution in [1.82, 2.24) is 9.55 Å². The lowest BCUT2D eigenvalue weighted by atomic mass is 9.95. The summed E-state index contributed by atoms with van der Waals surface area (Å²) in [6, 6.07) is 19.4. The van der Waals surface area contributed by atoms with Gasteiger partial charge in [-0.05, 0) is 54.0 Å². The van der Waals surface area contributed by atoms with E-state index in [1.54, 1.807) is 0 Å². The van der Waals surface area contributed by atoms with Crippen LogP contribution in [0.25, 0.3) is 27.4 Å². The predicted octanol–water partition coefficient (Wildman–Crippen LogP) is 5.67.